The van der Waals surface area contributed by atoms with Gasteiger partial charge in [0.2, 0.25) is 5.91 Å². The number of ether oxygens (including phenoxy) is 1. The van der Waals surface area contributed by atoms with E-state index in [2.05, 4.69) is 29.9 Å². The fourth-order valence-corrected chi connectivity index (χ4v) is 3.43. The van der Waals surface area contributed by atoms with Gasteiger partial charge in [-0.1, -0.05) is 0 Å². The van der Waals surface area contributed by atoms with Gasteiger partial charge in [-0.15, -0.1) is 13.2 Å². The van der Waals surface area contributed by atoms with Crippen LogP contribution in [0.25, 0.3) is 11.2 Å². The second kappa shape index (κ2) is 8.13. The fourth-order valence-electron chi connectivity index (χ4n) is 3.43. The van der Waals surface area contributed by atoms with E-state index < -0.39 is 6.36 Å². The predicted molar refractivity (Wildman–Crippen MR) is 104 cm³/mol. The Labute approximate surface area is 169 Å². The lowest BCUT2D eigenvalue weighted by atomic mass is 9.96. The molecule has 7 nitrogen and oxygen atoms in total. The Balaban J connectivity index is 1.40. The SMILES string of the molecule is O=C(Nc1ccc(OC(F)(F)F)cc1)[C@H]1CCCN(c2cnc3nccnc3c2)C1. The van der Waals surface area contributed by atoms with E-state index in [1.165, 1.54) is 12.1 Å². The number of nitrogens with zero attached hydrogens (tertiary/aromatic N) is 4. The van der Waals surface area contributed by atoms with Crippen molar-refractivity contribution < 1.29 is 22.7 Å². The number of carbonyl (C=O) groups excluding carboxylic acids is 1. The minimum atomic E-state index is -4.75. The molecule has 1 saturated heterocycles. The van der Waals surface area contributed by atoms with Crippen LogP contribution in [0.15, 0.2) is 48.9 Å². The van der Waals surface area contributed by atoms with Gasteiger partial charge in [-0.2, -0.15) is 0 Å². The Morgan fingerprint density at radius 1 is 1.13 bits per heavy atom. The molecule has 10 heteroatoms. The summed E-state index contributed by atoms with van der Waals surface area (Å²) in [6, 6.07) is 6.99. The Kier molecular flexibility index (Phi) is 5.39. The molecular formula is C20H18F3N5O2. The van der Waals surface area contributed by atoms with Crippen LogP contribution in [0.4, 0.5) is 24.5 Å². The van der Waals surface area contributed by atoms with Gasteiger partial charge in [-0.25, -0.2) is 9.97 Å². The van der Waals surface area contributed by atoms with Crippen LogP contribution in [0.5, 0.6) is 5.75 Å². The maximum atomic E-state index is 12.7. The van der Waals surface area contributed by atoms with Crippen LogP contribution in [0, 0.1) is 5.92 Å². The number of piperidine rings is 1. The molecule has 3 heterocycles. The van der Waals surface area contributed by atoms with Crippen molar-refractivity contribution in [1.29, 1.82) is 0 Å². The van der Waals surface area contributed by atoms with Gasteiger partial charge in [0.05, 0.1) is 17.8 Å². The number of halogens is 3. The van der Waals surface area contributed by atoms with Crippen LogP contribution in [-0.2, 0) is 4.79 Å². The van der Waals surface area contributed by atoms with Crippen molar-refractivity contribution in [3.8, 4) is 5.75 Å². The molecule has 1 aliphatic heterocycles. The summed E-state index contributed by atoms with van der Waals surface area (Å²) < 4.78 is 40.6. The Bertz CT molecular complexity index is 1040. The van der Waals surface area contributed by atoms with Crippen molar-refractivity contribution in [2.24, 2.45) is 5.92 Å². The number of hydrogen-bond donors (Lipinski definition) is 1. The van der Waals surface area contributed by atoms with Gasteiger partial charge in [0.15, 0.2) is 5.65 Å². The van der Waals surface area contributed by atoms with Gasteiger partial charge >= 0.3 is 6.36 Å². The topological polar surface area (TPSA) is 80.2 Å². The second-order valence-corrected chi connectivity index (χ2v) is 6.94. The number of benzene rings is 1. The molecule has 0 saturated carbocycles. The van der Waals surface area contributed by atoms with Crippen LogP contribution in [0.1, 0.15) is 12.8 Å². The van der Waals surface area contributed by atoms with E-state index in [-0.39, 0.29) is 17.6 Å². The highest BCUT2D eigenvalue weighted by atomic mass is 19.4. The van der Waals surface area contributed by atoms with E-state index >= 15 is 0 Å². The van der Waals surface area contributed by atoms with E-state index in [0.29, 0.717) is 23.4 Å². The van der Waals surface area contributed by atoms with Crippen molar-refractivity contribution in [2.75, 3.05) is 23.3 Å². The zero-order valence-corrected chi connectivity index (χ0v) is 15.8. The Hall–Kier alpha value is -3.43. The van der Waals surface area contributed by atoms with Crippen molar-refractivity contribution in [3.05, 3.63) is 48.9 Å². The van der Waals surface area contributed by atoms with E-state index in [1.807, 2.05) is 6.07 Å². The smallest absolute Gasteiger partial charge is 0.406 e. The fraction of sp³-hybridized carbons (Fsp3) is 0.300. The first kappa shape index (κ1) is 19.9. The van der Waals surface area contributed by atoms with Gasteiger partial charge in [0, 0.05) is 31.2 Å². The number of fused-ring (bicyclic) bond motifs is 1. The van der Waals surface area contributed by atoms with Crippen LogP contribution >= 0.6 is 0 Å². The first-order chi connectivity index (χ1) is 14.4. The van der Waals surface area contributed by atoms with Gasteiger partial charge < -0.3 is 15.0 Å². The molecular weight excluding hydrogens is 399 g/mol. The average Bonchev–Trinajstić information content (AvgIpc) is 2.74. The van der Waals surface area contributed by atoms with Crippen molar-refractivity contribution in [1.82, 2.24) is 15.0 Å². The molecule has 0 bridgehead atoms. The van der Waals surface area contributed by atoms with E-state index in [0.717, 1.165) is 37.2 Å². The maximum Gasteiger partial charge on any atom is 0.573 e. The third kappa shape index (κ3) is 4.76. The van der Waals surface area contributed by atoms with Crippen LogP contribution in [0.3, 0.4) is 0 Å². The zero-order valence-electron chi connectivity index (χ0n) is 15.8. The molecule has 1 atom stereocenters. The lowest BCUT2D eigenvalue weighted by molar-refractivity contribution is -0.274. The molecule has 1 amide bonds. The molecule has 0 radical (unpaired) electrons. The van der Waals surface area contributed by atoms with Gasteiger partial charge in [0.1, 0.15) is 11.3 Å². The summed E-state index contributed by atoms with van der Waals surface area (Å²) in [7, 11) is 0. The lowest BCUT2D eigenvalue weighted by Gasteiger charge is -2.33. The number of pyridine rings is 1. The molecule has 0 unspecified atom stereocenters. The van der Waals surface area contributed by atoms with Crippen molar-refractivity contribution in [2.45, 2.75) is 19.2 Å². The largest absolute Gasteiger partial charge is 0.573 e. The molecule has 4 rings (SSSR count). The normalized spacial score (nSPS) is 17.0. The molecule has 2 aromatic heterocycles. The van der Waals surface area contributed by atoms with Crippen LogP contribution < -0.4 is 15.0 Å². The number of nitrogens with one attached hydrogen (secondary N) is 1. The summed E-state index contributed by atoms with van der Waals surface area (Å²) in [5.74, 6) is -0.781. The highest BCUT2D eigenvalue weighted by Gasteiger charge is 2.31. The van der Waals surface area contributed by atoms with E-state index in [1.54, 1.807) is 18.6 Å². The molecule has 1 aliphatic rings. The average molecular weight is 417 g/mol. The summed E-state index contributed by atoms with van der Waals surface area (Å²) in [6.07, 6.45) is 1.70. The molecule has 0 aliphatic carbocycles. The summed E-state index contributed by atoms with van der Waals surface area (Å²) in [4.78, 5) is 27.5. The predicted octanol–water partition coefficient (Wildman–Crippen LogP) is 3.78. The number of rotatable bonds is 4. The van der Waals surface area contributed by atoms with Crippen LogP contribution in [0.2, 0.25) is 0 Å². The monoisotopic (exact) mass is 417 g/mol. The third-order valence-corrected chi connectivity index (χ3v) is 4.82. The number of amides is 1. The van der Waals surface area contributed by atoms with Crippen molar-refractivity contribution in [3.63, 3.8) is 0 Å². The summed E-state index contributed by atoms with van der Waals surface area (Å²) in [5, 5.41) is 2.76. The Morgan fingerprint density at radius 2 is 1.90 bits per heavy atom. The first-order valence-electron chi connectivity index (χ1n) is 9.36. The molecule has 156 valence electrons. The quantitative estimate of drug-likeness (QED) is 0.696. The highest BCUT2D eigenvalue weighted by molar-refractivity contribution is 5.93. The third-order valence-electron chi connectivity index (χ3n) is 4.82. The van der Waals surface area contributed by atoms with Gasteiger partial charge in [0.25, 0.3) is 0 Å². The zero-order chi connectivity index (χ0) is 21.1. The van der Waals surface area contributed by atoms with Gasteiger partial charge in [-0.05, 0) is 43.2 Å². The maximum absolute atomic E-state index is 12.7. The number of aromatic nitrogens is 3. The highest BCUT2D eigenvalue weighted by Crippen LogP contribution is 2.27. The molecule has 0 spiro atoms. The van der Waals surface area contributed by atoms with E-state index in [4.69, 9.17) is 0 Å². The molecule has 1 N–H and O–H groups in total. The number of alkyl halides is 3. The van der Waals surface area contributed by atoms with Gasteiger partial charge in [-0.3, -0.25) is 9.78 Å². The second-order valence-electron chi connectivity index (χ2n) is 6.94. The number of carbonyl (C=O) groups is 1. The minimum absolute atomic E-state index is 0.183. The molecule has 1 fully saturated rings. The lowest BCUT2D eigenvalue weighted by Crippen LogP contribution is -2.40. The molecule has 30 heavy (non-hydrogen) atoms. The summed E-state index contributed by atoms with van der Waals surface area (Å²) >= 11 is 0. The summed E-state index contributed by atoms with van der Waals surface area (Å²) in [6.45, 7) is 1.30. The van der Waals surface area contributed by atoms with Crippen LogP contribution in [-0.4, -0.2) is 40.3 Å². The number of anilines is 2. The number of hydrogen-bond acceptors (Lipinski definition) is 6. The Morgan fingerprint density at radius 3 is 2.67 bits per heavy atom. The van der Waals surface area contributed by atoms with Crippen molar-refractivity contribution >= 4 is 28.4 Å². The standard InChI is InChI=1S/C20H18F3N5O2/c21-20(22,23)30-16-5-3-14(4-6-16)27-19(29)13-2-1-9-28(12-13)15-10-17-18(26-11-15)25-8-7-24-17/h3-8,10-11,13H,1-2,9,12H2,(H,27,29)/t13-/m0/s1. The summed E-state index contributed by atoms with van der Waals surface area (Å²) in [5.41, 5.74) is 2.52. The molecule has 3 aromatic rings. The first-order valence-corrected chi connectivity index (χ1v) is 9.36. The minimum Gasteiger partial charge on any atom is -0.406 e. The van der Waals surface area contributed by atoms with E-state index in [9.17, 15) is 18.0 Å². The molecule has 1 aromatic carbocycles.